The maximum Gasteiger partial charge on any atom is 0.141 e. The number of nitrogens with two attached hydrogens (primary N) is 1. The molecule has 144 valence electrons. The van der Waals surface area contributed by atoms with Crippen LogP contribution in [0.15, 0.2) is 72.9 Å². The summed E-state index contributed by atoms with van der Waals surface area (Å²) in [5.41, 5.74) is 14.7. The van der Waals surface area contributed by atoms with Gasteiger partial charge < -0.3 is 5.73 Å². The molecule has 2 aliphatic carbocycles. The van der Waals surface area contributed by atoms with Gasteiger partial charge in [0.1, 0.15) is 5.65 Å². The van der Waals surface area contributed by atoms with Crippen LogP contribution >= 0.6 is 0 Å². The normalized spacial score (nSPS) is 18.0. The van der Waals surface area contributed by atoms with Gasteiger partial charge in [-0.25, -0.2) is 4.98 Å². The van der Waals surface area contributed by atoms with Crippen LogP contribution in [0.25, 0.3) is 28.2 Å². The van der Waals surface area contributed by atoms with Crippen LogP contribution < -0.4 is 5.73 Å². The standard InChI is InChI=1S/C26H25N3/c27-26(15-5-16-26)21-13-11-19(12-14-21)23-24(20-6-2-1-3-7-20)29-17-4-8-22(18-9-10-18)25(29)28-23/h1-4,6-8,11-14,17-18H,5,9-10,15-16,27H2. The summed E-state index contributed by atoms with van der Waals surface area (Å²) in [6, 6.07) is 23.8. The van der Waals surface area contributed by atoms with Gasteiger partial charge in [0.15, 0.2) is 0 Å². The zero-order valence-electron chi connectivity index (χ0n) is 16.5. The fraction of sp³-hybridized carbons (Fsp3) is 0.269. The molecule has 3 nitrogen and oxygen atoms in total. The minimum Gasteiger partial charge on any atom is -0.321 e. The van der Waals surface area contributed by atoms with Crippen LogP contribution in [0.2, 0.25) is 0 Å². The Balaban J connectivity index is 1.55. The van der Waals surface area contributed by atoms with E-state index < -0.39 is 0 Å². The van der Waals surface area contributed by atoms with Crippen molar-refractivity contribution in [3.05, 3.63) is 84.1 Å². The number of hydrogen-bond donors (Lipinski definition) is 1. The van der Waals surface area contributed by atoms with Crippen LogP contribution in [0, 0.1) is 0 Å². The van der Waals surface area contributed by atoms with Crippen molar-refractivity contribution in [2.24, 2.45) is 5.73 Å². The molecule has 2 N–H and O–H groups in total. The molecule has 0 saturated heterocycles. The molecule has 0 atom stereocenters. The first-order chi connectivity index (χ1) is 14.2. The largest absolute Gasteiger partial charge is 0.321 e. The van der Waals surface area contributed by atoms with E-state index in [-0.39, 0.29) is 5.54 Å². The van der Waals surface area contributed by atoms with Crippen molar-refractivity contribution >= 4 is 5.65 Å². The summed E-state index contributed by atoms with van der Waals surface area (Å²) in [5.74, 6) is 0.663. The van der Waals surface area contributed by atoms with Gasteiger partial charge >= 0.3 is 0 Å². The van der Waals surface area contributed by atoms with Crippen molar-refractivity contribution in [1.82, 2.24) is 9.38 Å². The van der Waals surface area contributed by atoms with Gasteiger partial charge in [-0.3, -0.25) is 4.40 Å². The monoisotopic (exact) mass is 379 g/mol. The Kier molecular flexibility index (Phi) is 3.69. The molecule has 0 radical (unpaired) electrons. The molecule has 0 bridgehead atoms. The summed E-state index contributed by atoms with van der Waals surface area (Å²) in [6.45, 7) is 0. The highest BCUT2D eigenvalue weighted by atomic mass is 15.0. The second-order valence-corrected chi connectivity index (χ2v) is 8.69. The quantitative estimate of drug-likeness (QED) is 0.481. The van der Waals surface area contributed by atoms with Gasteiger partial charge in [0.05, 0.1) is 11.4 Å². The molecule has 2 heterocycles. The average Bonchev–Trinajstić information content (AvgIpc) is 3.52. The van der Waals surface area contributed by atoms with Crippen LogP contribution in [-0.2, 0) is 5.54 Å². The van der Waals surface area contributed by atoms with E-state index >= 15 is 0 Å². The van der Waals surface area contributed by atoms with E-state index in [0.717, 1.165) is 29.7 Å². The van der Waals surface area contributed by atoms with Crippen LogP contribution in [0.5, 0.6) is 0 Å². The minimum atomic E-state index is -0.126. The lowest BCUT2D eigenvalue weighted by Crippen LogP contribution is -2.43. The number of imidazole rings is 1. The topological polar surface area (TPSA) is 43.3 Å². The maximum atomic E-state index is 6.54. The third-order valence-electron chi connectivity index (χ3n) is 6.72. The Bertz CT molecular complexity index is 1180. The number of hydrogen-bond acceptors (Lipinski definition) is 2. The van der Waals surface area contributed by atoms with Gasteiger partial charge in [-0.1, -0.05) is 60.7 Å². The highest BCUT2D eigenvalue weighted by Gasteiger charge is 2.34. The van der Waals surface area contributed by atoms with Crippen LogP contribution in [0.3, 0.4) is 0 Å². The summed E-state index contributed by atoms with van der Waals surface area (Å²) in [5, 5.41) is 0. The summed E-state index contributed by atoms with van der Waals surface area (Å²) in [7, 11) is 0. The maximum absolute atomic E-state index is 6.54. The van der Waals surface area contributed by atoms with Crippen molar-refractivity contribution in [3.8, 4) is 22.5 Å². The molecular formula is C26H25N3. The summed E-state index contributed by atoms with van der Waals surface area (Å²) < 4.78 is 2.28. The molecule has 2 aromatic carbocycles. The molecular weight excluding hydrogens is 354 g/mol. The fourth-order valence-electron chi connectivity index (χ4n) is 4.68. The number of pyridine rings is 1. The fourth-order valence-corrected chi connectivity index (χ4v) is 4.68. The third-order valence-corrected chi connectivity index (χ3v) is 6.72. The second kappa shape index (κ2) is 6.30. The Labute approximate surface area is 171 Å². The molecule has 6 rings (SSSR count). The summed E-state index contributed by atoms with van der Waals surface area (Å²) in [6.07, 6.45) is 8.09. The van der Waals surface area contributed by atoms with Crippen molar-refractivity contribution in [2.75, 3.05) is 0 Å². The Morgan fingerprint density at radius 3 is 2.28 bits per heavy atom. The van der Waals surface area contributed by atoms with Gasteiger partial charge in [0.25, 0.3) is 0 Å². The first-order valence-electron chi connectivity index (χ1n) is 10.7. The number of aromatic nitrogens is 2. The van der Waals surface area contributed by atoms with E-state index in [1.54, 1.807) is 0 Å². The highest BCUT2D eigenvalue weighted by Crippen LogP contribution is 2.44. The Hall–Kier alpha value is -2.91. The van der Waals surface area contributed by atoms with E-state index in [0.29, 0.717) is 5.92 Å². The molecule has 2 fully saturated rings. The van der Waals surface area contributed by atoms with Gasteiger partial charge in [0.2, 0.25) is 0 Å². The van der Waals surface area contributed by atoms with Gasteiger partial charge in [0, 0.05) is 22.9 Å². The first-order valence-corrected chi connectivity index (χ1v) is 10.7. The number of rotatable bonds is 4. The average molecular weight is 380 g/mol. The molecule has 2 saturated carbocycles. The molecule has 0 aliphatic heterocycles. The Morgan fingerprint density at radius 2 is 1.62 bits per heavy atom. The SMILES string of the molecule is NC1(c2ccc(-c3nc4c(C5CC5)cccn4c3-c3ccccc3)cc2)CCC1. The van der Waals surface area contributed by atoms with E-state index in [9.17, 15) is 0 Å². The van der Waals surface area contributed by atoms with Gasteiger partial charge in [-0.2, -0.15) is 0 Å². The predicted molar refractivity (Wildman–Crippen MR) is 118 cm³/mol. The van der Waals surface area contributed by atoms with E-state index in [1.807, 2.05) is 0 Å². The zero-order chi connectivity index (χ0) is 19.4. The van der Waals surface area contributed by atoms with Crippen LogP contribution in [0.4, 0.5) is 0 Å². The molecule has 0 amide bonds. The Morgan fingerprint density at radius 1 is 0.862 bits per heavy atom. The number of nitrogens with zero attached hydrogens (tertiary/aromatic N) is 2. The highest BCUT2D eigenvalue weighted by molar-refractivity contribution is 5.83. The molecule has 0 unspecified atom stereocenters. The van der Waals surface area contributed by atoms with Crippen molar-refractivity contribution in [2.45, 2.75) is 43.6 Å². The minimum absolute atomic E-state index is 0.126. The third kappa shape index (κ3) is 2.72. The van der Waals surface area contributed by atoms with Crippen LogP contribution in [0.1, 0.15) is 49.1 Å². The lowest BCUT2D eigenvalue weighted by Gasteiger charge is -2.38. The molecule has 29 heavy (non-hydrogen) atoms. The predicted octanol–water partition coefficient (Wildman–Crippen LogP) is 5.88. The zero-order valence-corrected chi connectivity index (χ0v) is 16.5. The molecule has 2 aromatic heterocycles. The summed E-state index contributed by atoms with van der Waals surface area (Å²) >= 11 is 0. The van der Waals surface area contributed by atoms with Crippen LogP contribution in [-0.4, -0.2) is 9.38 Å². The molecule has 2 aliphatic rings. The van der Waals surface area contributed by atoms with E-state index in [4.69, 9.17) is 10.7 Å². The van der Waals surface area contributed by atoms with Gasteiger partial charge in [-0.05, 0) is 55.2 Å². The van der Waals surface area contributed by atoms with Crippen molar-refractivity contribution in [3.63, 3.8) is 0 Å². The lowest BCUT2D eigenvalue weighted by atomic mass is 9.72. The van der Waals surface area contributed by atoms with E-state index in [2.05, 4.69) is 77.3 Å². The second-order valence-electron chi connectivity index (χ2n) is 8.69. The molecule has 0 spiro atoms. The number of benzene rings is 2. The van der Waals surface area contributed by atoms with Crippen molar-refractivity contribution < 1.29 is 0 Å². The van der Waals surface area contributed by atoms with E-state index in [1.165, 1.54) is 41.6 Å². The lowest BCUT2D eigenvalue weighted by molar-refractivity contribution is 0.253. The number of fused-ring (bicyclic) bond motifs is 1. The molecule has 3 heteroatoms. The van der Waals surface area contributed by atoms with Crippen molar-refractivity contribution in [1.29, 1.82) is 0 Å². The first kappa shape index (κ1) is 17.0. The smallest absolute Gasteiger partial charge is 0.141 e. The van der Waals surface area contributed by atoms with Gasteiger partial charge in [-0.15, -0.1) is 0 Å². The molecule has 4 aromatic rings. The summed E-state index contributed by atoms with van der Waals surface area (Å²) in [4.78, 5) is 5.18.